The van der Waals surface area contributed by atoms with Crippen molar-refractivity contribution in [1.82, 2.24) is 9.55 Å². The van der Waals surface area contributed by atoms with E-state index in [2.05, 4.69) is 22.1 Å². The van der Waals surface area contributed by atoms with Gasteiger partial charge in [0.05, 0.1) is 23.5 Å². The predicted octanol–water partition coefficient (Wildman–Crippen LogP) is 3.33. The zero-order valence-electron chi connectivity index (χ0n) is 11.8. The fraction of sp³-hybridized carbons (Fsp3) is 0.250. The Bertz CT molecular complexity index is 862. The van der Waals surface area contributed by atoms with Crippen molar-refractivity contribution in [2.45, 2.75) is 19.4 Å². The molecule has 0 radical (unpaired) electrons. The molecule has 0 atom stereocenters. The highest BCUT2D eigenvalue weighted by molar-refractivity contribution is 7.09. The van der Waals surface area contributed by atoms with E-state index in [1.54, 1.807) is 11.3 Å². The van der Waals surface area contributed by atoms with Gasteiger partial charge in [-0.1, -0.05) is 6.07 Å². The zero-order valence-corrected chi connectivity index (χ0v) is 12.6. The van der Waals surface area contributed by atoms with Crippen LogP contribution in [0, 0.1) is 11.3 Å². The molecule has 22 heavy (non-hydrogen) atoms. The Morgan fingerprint density at radius 2 is 2.18 bits per heavy atom. The summed E-state index contributed by atoms with van der Waals surface area (Å²) in [6, 6.07) is 10.2. The molecule has 3 aromatic rings. The molecule has 0 saturated carbocycles. The first kappa shape index (κ1) is 13.2. The number of aromatic nitrogens is 2. The van der Waals surface area contributed by atoms with Crippen LogP contribution in [0.4, 0.5) is 0 Å². The van der Waals surface area contributed by atoms with Gasteiger partial charge in [-0.15, -0.1) is 11.3 Å². The van der Waals surface area contributed by atoms with E-state index in [0.29, 0.717) is 13.0 Å². The molecule has 1 aliphatic rings. The summed E-state index contributed by atoms with van der Waals surface area (Å²) >= 11 is 1.71. The Balaban J connectivity index is 1.82. The maximum Gasteiger partial charge on any atom is 0.231 e. The van der Waals surface area contributed by atoms with Crippen molar-refractivity contribution in [3.63, 3.8) is 0 Å². The Labute approximate surface area is 131 Å². The fourth-order valence-electron chi connectivity index (χ4n) is 2.68. The van der Waals surface area contributed by atoms with Crippen molar-refractivity contribution < 1.29 is 9.47 Å². The summed E-state index contributed by atoms with van der Waals surface area (Å²) in [5.41, 5.74) is 1.87. The van der Waals surface area contributed by atoms with Crippen molar-refractivity contribution >= 4 is 22.4 Å². The van der Waals surface area contributed by atoms with E-state index >= 15 is 0 Å². The summed E-state index contributed by atoms with van der Waals surface area (Å²) in [4.78, 5) is 6.00. The highest BCUT2D eigenvalue weighted by Gasteiger charge is 2.19. The van der Waals surface area contributed by atoms with Gasteiger partial charge in [0, 0.05) is 30.0 Å². The molecule has 1 aromatic carbocycles. The van der Waals surface area contributed by atoms with Gasteiger partial charge in [-0.25, -0.2) is 4.98 Å². The smallest absolute Gasteiger partial charge is 0.231 e. The number of hydrogen-bond donors (Lipinski definition) is 0. The van der Waals surface area contributed by atoms with E-state index in [1.165, 1.54) is 4.88 Å². The molecule has 4 rings (SSSR count). The first-order valence-corrected chi connectivity index (χ1v) is 7.91. The molecule has 5 nitrogen and oxygen atoms in total. The number of imidazole rings is 1. The molecule has 0 amide bonds. The molecule has 110 valence electrons. The number of rotatable bonds is 4. The predicted molar refractivity (Wildman–Crippen MR) is 83.2 cm³/mol. The number of nitrogens with zero attached hydrogens (tertiary/aromatic N) is 3. The molecule has 0 spiro atoms. The summed E-state index contributed by atoms with van der Waals surface area (Å²) in [6.07, 6.45) is 1.22. The lowest BCUT2D eigenvalue weighted by atomic mass is 10.2. The highest BCUT2D eigenvalue weighted by Crippen LogP contribution is 2.36. The van der Waals surface area contributed by atoms with Gasteiger partial charge in [0.15, 0.2) is 11.5 Å². The van der Waals surface area contributed by atoms with E-state index in [-0.39, 0.29) is 6.79 Å². The van der Waals surface area contributed by atoms with Gasteiger partial charge in [0.25, 0.3) is 0 Å². The van der Waals surface area contributed by atoms with E-state index in [9.17, 15) is 0 Å². The largest absolute Gasteiger partial charge is 0.454 e. The lowest BCUT2D eigenvalue weighted by Crippen LogP contribution is -2.04. The first-order chi connectivity index (χ1) is 10.8. The van der Waals surface area contributed by atoms with Crippen LogP contribution < -0.4 is 9.47 Å². The minimum atomic E-state index is 0.252. The van der Waals surface area contributed by atoms with Crippen LogP contribution in [-0.4, -0.2) is 16.3 Å². The number of fused-ring (bicyclic) bond motifs is 2. The molecule has 0 aliphatic carbocycles. The average Bonchev–Trinajstić information content (AvgIpc) is 3.23. The van der Waals surface area contributed by atoms with Gasteiger partial charge in [-0.05, 0) is 11.4 Å². The van der Waals surface area contributed by atoms with Crippen molar-refractivity contribution in [3.05, 3.63) is 40.3 Å². The standard InChI is InChI=1S/C16H13N3O2S/c17-4-2-5-19-13-9-15-14(20-10-21-15)8-12(13)18-16(19)7-11-3-1-6-22-11/h1,3,6,8-9H,2,5,7,10H2. The third-order valence-corrected chi connectivity index (χ3v) is 4.56. The molecule has 0 N–H and O–H groups in total. The maximum absolute atomic E-state index is 8.91. The summed E-state index contributed by atoms with van der Waals surface area (Å²) < 4.78 is 13.0. The minimum Gasteiger partial charge on any atom is -0.454 e. The van der Waals surface area contributed by atoms with Gasteiger partial charge in [-0.2, -0.15) is 5.26 Å². The van der Waals surface area contributed by atoms with Crippen LogP contribution in [0.25, 0.3) is 11.0 Å². The summed E-state index contributed by atoms with van der Waals surface area (Å²) in [5, 5.41) is 11.0. The third-order valence-electron chi connectivity index (χ3n) is 3.68. The summed E-state index contributed by atoms with van der Waals surface area (Å²) in [6.45, 7) is 0.884. The Kier molecular flexibility index (Phi) is 3.20. The maximum atomic E-state index is 8.91. The van der Waals surface area contributed by atoms with E-state index < -0.39 is 0 Å². The van der Waals surface area contributed by atoms with E-state index in [4.69, 9.17) is 19.7 Å². The number of hydrogen-bond acceptors (Lipinski definition) is 5. The molecular formula is C16H13N3O2S. The Hall–Kier alpha value is -2.52. The zero-order chi connectivity index (χ0) is 14.9. The van der Waals surface area contributed by atoms with E-state index in [0.717, 1.165) is 34.8 Å². The van der Waals surface area contributed by atoms with Crippen LogP contribution in [0.1, 0.15) is 17.1 Å². The van der Waals surface area contributed by atoms with Crippen molar-refractivity contribution in [3.8, 4) is 17.6 Å². The molecular weight excluding hydrogens is 298 g/mol. The second-order valence-corrected chi connectivity index (χ2v) is 6.07. The topological polar surface area (TPSA) is 60.1 Å². The highest BCUT2D eigenvalue weighted by atomic mass is 32.1. The number of benzene rings is 1. The molecule has 3 heterocycles. The van der Waals surface area contributed by atoms with Crippen LogP contribution in [-0.2, 0) is 13.0 Å². The number of thiophene rings is 1. The van der Waals surface area contributed by atoms with Crippen LogP contribution in [0.3, 0.4) is 0 Å². The molecule has 0 unspecified atom stereocenters. The van der Waals surface area contributed by atoms with Gasteiger partial charge >= 0.3 is 0 Å². The number of nitriles is 1. The molecule has 0 fully saturated rings. The Morgan fingerprint density at radius 1 is 1.32 bits per heavy atom. The van der Waals surface area contributed by atoms with Gasteiger partial charge < -0.3 is 14.0 Å². The van der Waals surface area contributed by atoms with Crippen molar-refractivity contribution in [2.75, 3.05) is 6.79 Å². The summed E-state index contributed by atoms with van der Waals surface area (Å²) in [7, 11) is 0. The number of ether oxygens (including phenoxy) is 2. The monoisotopic (exact) mass is 311 g/mol. The van der Waals surface area contributed by atoms with Crippen LogP contribution >= 0.6 is 11.3 Å². The van der Waals surface area contributed by atoms with Crippen molar-refractivity contribution in [2.24, 2.45) is 0 Å². The number of aryl methyl sites for hydroxylation is 1. The van der Waals surface area contributed by atoms with Crippen LogP contribution in [0.2, 0.25) is 0 Å². The average molecular weight is 311 g/mol. The second-order valence-electron chi connectivity index (χ2n) is 5.04. The fourth-order valence-corrected chi connectivity index (χ4v) is 3.38. The SMILES string of the molecule is N#CCCn1c(Cc2cccs2)nc2cc3c(cc21)OCO3. The second kappa shape index (κ2) is 5.35. The molecule has 2 aromatic heterocycles. The molecule has 0 saturated heterocycles. The van der Waals surface area contributed by atoms with Crippen molar-refractivity contribution in [1.29, 1.82) is 5.26 Å². The molecule has 6 heteroatoms. The van der Waals surface area contributed by atoms with Crippen LogP contribution in [0.15, 0.2) is 29.6 Å². The van der Waals surface area contributed by atoms with Gasteiger partial charge in [0.2, 0.25) is 6.79 Å². The Morgan fingerprint density at radius 3 is 2.95 bits per heavy atom. The van der Waals surface area contributed by atoms with Gasteiger partial charge in [-0.3, -0.25) is 0 Å². The van der Waals surface area contributed by atoms with Gasteiger partial charge in [0.1, 0.15) is 5.82 Å². The molecule has 0 bridgehead atoms. The summed E-state index contributed by atoms with van der Waals surface area (Å²) in [5.74, 6) is 2.45. The normalized spacial score (nSPS) is 12.7. The van der Waals surface area contributed by atoms with Crippen LogP contribution in [0.5, 0.6) is 11.5 Å². The lowest BCUT2D eigenvalue weighted by Gasteiger charge is -2.06. The lowest BCUT2D eigenvalue weighted by molar-refractivity contribution is 0.174. The third kappa shape index (κ3) is 2.20. The first-order valence-electron chi connectivity index (χ1n) is 7.03. The van der Waals surface area contributed by atoms with E-state index in [1.807, 2.05) is 18.2 Å². The quantitative estimate of drug-likeness (QED) is 0.741. The molecule has 1 aliphatic heterocycles. The minimum absolute atomic E-state index is 0.252.